The Morgan fingerprint density at radius 2 is 1.89 bits per heavy atom. The molecule has 0 bridgehead atoms. The van der Waals surface area contributed by atoms with Gasteiger partial charge in [-0.15, -0.1) is 0 Å². The molecule has 1 aliphatic carbocycles. The van der Waals surface area contributed by atoms with E-state index in [9.17, 15) is 13.6 Å². The third-order valence-corrected chi connectivity index (χ3v) is 5.10. The molecular formula is C22H25F2NO3. The smallest absolute Gasteiger partial charge is 0.405 e. The van der Waals surface area contributed by atoms with Crippen LogP contribution >= 0.6 is 0 Å². The predicted molar refractivity (Wildman–Crippen MR) is 103 cm³/mol. The molecular weight excluding hydrogens is 364 g/mol. The Labute approximate surface area is 163 Å². The number of rotatable bonds is 4. The zero-order chi connectivity index (χ0) is 20.6. The zero-order valence-corrected chi connectivity index (χ0v) is 16.5. The molecule has 0 saturated carbocycles. The number of carbonyl (C=O) groups is 1. The molecule has 1 atom stereocenters. The first-order valence-corrected chi connectivity index (χ1v) is 9.33. The van der Waals surface area contributed by atoms with Crippen molar-refractivity contribution in [2.45, 2.75) is 52.7 Å². The van der Waals surface area contributed by atoms with Crippen LogP contribution in [0.3, 0.4) is 0 Å². The minimum absolute atomic E-state index is 0.133. The average molecular weight is 389 g/mol. The first-order valence-electron chi connectivity index (χ1n) is 9.33. The second-order valence-electron chi connectivity index (χ2n) is 8.15. The Morgan fingerprint density at radius 3 is 2.50 bits per heavy atom. The Hall–Kier alpha value is -2.63. The summed E-state index contributed by atoms with van der Waals surface area (Å²) >= 11 is 0. The van der Waals surface area contributed by atoms with Crippen LogP contribution in [0.25, 0.3) is 11.1 Å². The molecule has 0 saturated heterocycles. The fraction of sp³-hybridized carbons (Fsp3) is 0.409. The number of amides is 1. The van der Waals surface area contributed by atoms with Gasteiger partial charge in [-0.25, -0.2) is 13.6 Å². The van der Waals surface area contributed by atoms with Gasteiger partial charge in [0.15, 0.2) is 11.6 Å². The number of ether oxygens (including phenoxy) is 2. The van der Waals surface area contributed by atoms with Crippen LogP contribution in [0.15, 0.2) is 30.3 Å². The van der Waals surface area contributed by atoms with Crippen LogP contribution in [-0.2, 0) is 11.2 Å². The van der Waals surface area contributed by atoms with E-state index >= 15 is 0 Å². The predicted octanol–water partition coefficient (Wildman–Crippen LogP) is 5.53. The van der Waals surface area contributed by atoms with E-state index in [1.165, 1.54) is 18.2 Å². The summed E-state index contributed by atoms with van der Waals surface area (Å²) in [6.45, 7) is 7.53. The van der Waals surface area contributed by atoms with Crippen LogP contribution in [-0.4, -0.2) is 12.2 Å². The number of carbonyl (C=O) groups excluding carboxylic acids is 1. The minimum atomic E-state index is -0.891. The van der Waals surface area contributed by atoms with Crippen LogP contribution in [0.4, 0.5) is 13.6 Å². The van der Waals surface area contributed by atoms with Crippen molar-refractivity contribution in [3.63, 3.8) is 0 Å². The van der Waals surface area contributed by atoms with E-state index in [1.807, 2.05) is 27.7 Å². The highest BCUT2D eigenvalue weighted by atomic mass is 19.1. The Bertz CT molecular complexity index is 909. The normalized spacial score (nSPS) is 17.9. The van der Waals surface area contributed by atoms with Crippen molar-refractivity contribution < 1.29 is 23.0 Å². The van der Waals surface area contributed by atoms with Crippen molar-refractivity contribution in [1.82, 2.24) is 0 Å². The third-order valence-electron chi connectivity index (χ3n) is 5.10. The molecule has 28 heavy (non-hydrogen) atoms. The van der Waals surface area contributed by atoms with Crippen molar-refractivity contribution in [2.24, 2.45) is 11.1 Å². The van der Waals surface area contributed by atoms with Gasteiger partial charge in [-0.1, -0.05) is 19.9 Å². The number of primary amides is 1. The lowest BCUT2D eigenvalue weighted by atomic mass is 9.71. The first-order chi connectivity index (χ1) is 13.1. The summed E-state index contributed by atoms with van der Waals surface area (Å²) in [5, 5.41) is 0. The van der Waals surface area contributed by atoms with Crippen molar-refractivity contribution in [3.05, 3.63) is 53.1 Å². The second-order valence-corrected chi connectivity index (χ2v) is 8.15. The van der Waals surface area contributed by atoms with Crippen LogP contribution in [0.2, 0.25) is 0 Å². The number of fused-ring (bicyclic) bond motifs is 1. The van der Waals surface area contributed by atoms with Gasteiger partial charge >= 0.3 is 6.09 Å². The van der Waals surface area contributed by atoms with Crippen LogP contribution in [0, 0.1) is 17.0 Å². The summed E-state index contributed by atoms with van der Waals surface area (Å²) in [6.07, 6.45) is -0.232. The van der Waals surface area contributed by atoms with Crippen LogP contribution in [0.5, 0.6) is 5.75 Å². The van der Waals surface area contributed by atoms with Gasteiger partial charge in [0, 0.05) is 11.0 Å². The summed E-state index contributed by atoms with van der Waals surface area (Å²) in [5.41, 5.74) is 7.05. The van der Waals surface area contributed by atoms with E-state index < -0.39 is 23.8 Å². The van der Waals surface area contributed by atoms with Crippen molar-refractivity contribution >= 4 is 6.09 Å². The maximum atomic E-state index is 14.9. The third kappa shape index (κ3) is 3.96. The van der Waals surface area contributed by atoms with Crippen LogP contribution < -0.4 is 10.5 Å². The molecule has 2 N–H and O–H groups in total. The highest BCUT2D eigenvalue weighted by Crippen LogP contribution is 2.47. The van der Waals surface area contributed by atoms with Crippen molar-refractivity contribution in [1.29, 1.82) is 0 Å². The van der Waals surface area contributed by atoms with Gasteiger partial charge in [-0.3, -0.25) is 0 Å². The summed E-state index contributed by atoms with van der Waals surface area (Å²) in [5.74, 6) is -0.917. The largest absolute Gasteiger partial charge is 0.488 e. The molecule has 2 aromatic rings. The topological polar surface area (TPSA) is 61.6 Å². The lowest BCUT2D eigenvalue weighted by Gasteiger charge is -2.39. The molecule has 150 valence electrons. The lowest BCUT2D eigenvalue weighted by Crippen LogP contribution is -2.33. The number of nitrogens with two attached hydrogens (primary N) is 1. The summed E-state index contributed by atoms with van der Waals surface area (Å²) in [4.78, 5) is 11.3. The van der Waals surface area contributed by atoms with Crippen molar-refractivity contribution in [3.8, 4) is 16.9 Å². The van der Waals surface area contributed by atoms with Gasteiger partial charge in [-0.05, 0) is 67.6 Å². The Kier molecular flexibility index (Phi) is 5.33. The Morgan fingerprint density at radius 1 is 1.18 bits per heavy atom. The molecule has 2 aromatic carbocycles. The summed E-state index contributed by atoms with van der Waals surface area (Å²) in [7, 11) is 0. The molecule has 0 aromatic heterocycles. The highest BCUT2D eigenvalue weighted by molar-refractivity contribution is 5.68. The fourth-order valence-electron chi connectivity index (χ4n) is 3.68. The van der Waals surface area contributed by atoms with Gasteiger partial charge in [0.1, 0.15) is 11.9 Å². The molecule has 0 aliphatic heterocycles. The molecule has 6 heteroatoms. The highest BCUT2D eigenvalue weighted by Gasteiger charge is 2.39. The molecule has 0 spiro atoms. The molecule has 0 fully saturated rings. The molecule has 1 aliphatic rings. The van der Waals surface area contributed by atoms with Gasteiger partial charge < -0.3 is 15.2 Å². The first kappa shape index (κ1) is 20.1. The molecule has 3 rings (SSSR count). The number of aryl methyl sites for hydroxylation is 1. The van der Waals surface area contributed by atoms with E-state index in [0.717, 1.165) is 12.0 Å². The van der Waals surface area contributed by atoms with Gasteiger partial charge in [-0.2, -0.15) is 0 Å². The maximum absolute atomic E-state index is 14.9. The Balaban J connectivity index is 2.02. The lowest BCUT2D eigenvalue weighted by molar-refractivity contribution is 0.0145. The number of hydrogen-bond acceptors (Lipinski definition) is 3. The van der Waals surface area contributed by atoms with Gasteiger partial charge in [0.2, 0.25) is 0 Å². The second kappa shape index (κ2) is 7.41. The maximum Gasteiger partial charge on any atom is 0.405 e. The molecule has 4 nitrogen and oxygen atoms in total. The molecule has 0 radical (unpaired) electrons. The number of halogens is 2. The van der Waals surface area contributed by atoms with Gasteiger partial charge in [0.25, 0.3) is 0 Å². The molecule has 0 unspecified atom stereocenters. The standard InChI is InChI=1S/C22H25F2NO3/c1-12(2)27-19-6-5-13(10-18(19)24)15-9-14-7-8-22(3,4)20(28-21(25)26)16(14)11-17(15)23/h5-6,9-12,20H,7-8H2,1-4H3,(H2,25,26)/t20-/m0/s1. The molecule has 0 heterocycles. The van der Waals surface area contributed by atoms with E-state index in [-0.39, 0.29) is 17.3 Å². The monoisotopic (exact) mass is 389 g/mol. The number of benzene rings is 2. The van der Waals surface area contributed by atoms with Crippen molar-refractivity contribution in [2.75, 3.05) is 0 Å². The average Bonchev–Trinajstić information content (AvgIpc) is 2.59. The SMILES string of the molecule is CC(C)Oc1ccc(-c2cc3c(cc2F)[C@H](OC(N)=O)C(C)(C)CC3)cc1F. The van der Waals surface area contributed by atoms with Crippen LogP contribution in [0.1, 0.15) is 51.3 Å². The quantitative estimate of drug-likeness (QED) is 0.748. The minimum Gasteiger partial charge on any atom is -0.488 e. The van der Waals surface area contributed by atoms with E-state index in [4.69, 9.17) is 15.2 Å². The number of hydrogen-bond donors (Lipinski definition) is 1. The van der Waals surface area contributed by atoms with Gasteiger partial charge in [0.05, 0.1) is 6.10 Å². The van der Waals surface area contributed by atoms with E-state index in [1.54, 1.807) is 12.1 Å². The fourth-order valence-corrected chi connectivity index (χ4v) is 3.68. The summed E-state index contributed by atoms with van der Waals surface area (Å²) < 4.78 is 40.0. The van der Waals surface area contributed by atoms with E-state index in [2.05, 4.69) is 0 Å². The van der Waals surface area contributed by atoms with E-state index in [0.29, 0.717) is 23.1 Å². The summed E-state index contributed by atoms with van der Waals surface area (Å²) in [6, 6.07) is 7.48. The zero-order valence-electron chi connectivity index (χ0n) is 16.5. The molecule has 1 amide bonds.